The number of nitrogens with one attached hydrogen (secondary N) is 1. The van der Waals surface area contributed by atoms with Gasteiger partial charge >= 0.3 is 0 Å². The summed E-state index contributed by atoms with van der Waals surface area (Å²) in [5, 5.41) is 1.25. The number of nitrogens with two attached hydrogens (primary N) is 1. The first-order valence-corrected chi connectivity index (χ1v) is 8.16. The quantitative estimate of drug-likeness (QED) is 0.725. The number of rotatable bonds is 6. The lowest BCUT2D eigenvalue weighted by Gasteiger charge is -2.18. The van der Waals surface area contributed by atoms with Crippen LogP contribution in [0.15, 0.2) is 42.5 Å². The Labute approximate surface area is 142 Å². The average Bonchev–Trinajstić information content (AvgIpc) is 2.95. The van der Waals surface area contributed by atoms with E-state index in [4.69, 9.17) is 15.2 Å². The molecule has 4 nitrogen and oxygen atoms in total. The van der Waals surface area contributed by atoms with Crippen LogP contribution in [0.3, 0.4) is 0 Å². The number of fused-ring (bicyclic) bond motifs is 1. The summed E-state index contributed by atoms with van der Waals surface area (Å²) >= 11 is 0. The molecule has 0 saturated heterocycles. The van der Waals surface area contributed by atoms with Crippen LogP contribution in [0.25, 0.3) is 10.9 Å². The first-order chi connectivity index (χ1) is 11.7. The first-order valence-electron chi connectivity index (χ1n) is 8.16. The van der Waals surface area contributed by atoms with Gasteiger partial charge in [-0.1, -0.05) is 24.3 Å². The second kappa shape index (κ2) is 6.97. The summed E-state index contributed by atoms with van der Waals surface area (Å²) in [6.07, 6.45) is 0.826. The number of ether oxygens (including phenoxy) is 2. The molecule has 0 amide bonds. The average molecular weight is 324 g/mol. The van der Waals surface area contributed by atoms with Crippen LogP contribution in [0, 0.1) is 6.92 Å². The van der Waals surface area contributed by atoms with Crippen molar-refractivity contribution in [3.05, 3.63) is 59.3 Å². The number of methoxy groups -OCH3 is 2. The molecule has 24 heavy (non-hydrogen) atoms. The molecule has 3 rings (SSSR count). The molecule has 0 radical (unpaired) electrons. The largest absolute Gasteiger partial charge is 0.497 e. The third-order valence-electron chi connectivity index (χ3n) is 4.60. The lowest BCUT2D eigenvalue weighted by atomic mass is 9.89. The zero-order chi connectivity index (χ0) is 17.1. The molecule has 3 aromatic rings. The highest BCUT2D eigenvalue weighted by Crippen LogP contribution is 2.34. The highest BCUT2D eigenvalue weighted by Gasteiger charge is 2.20. The van der Waals surface area contributed by atoms with Gasteiger partial charge in [-0.3, -0.25) is 0 Å². The summed E-state index contributed by atoms with van der Waals surface area (Å²) < 4.78 is 10.8. The maximum absolute atomic E-state index is 6.14. The van der Waals surface area contributed by atoms with Gasteiger partial charge in [0.25, 0.3) is 0 Å². The van der Waals surface area contributed by atoms with Crippen molar-refractivity contribution in [3.8, 4) is 11.5 Å². The van der Waals surface area contributed by atoms with E-state index in [2.05, 4.69) is 36.2 Å². The van der Waals surface area contributed by atoms with E-state index in [9.17, 15) is 0 Å². The van der Waals surface area contributed by atoms with Gasteiger partial charge < -0.3 is 20.2 Å². The van der Waals surface area contributed by atoms with Gasteiger partial charge in [0.2, 0.25) is 0 Å². The minimum Gasteiger partial charge on any atom is -0.497 e. The summed E-state index contributed by atoms with van der Waals surface area (Å²) in [5.74, 6) is 1.86. The molecule has 1 heterocycles. The Bertz CT molecular complexity index is 839. The fourth-order valence-corrected chi connectivity index (χ4v) is 3.41. The normalized spacial score (nSPS) is 12.3. The zero-order valence-corrected chi connectivity index (χ0v) is 14.4. The number of H-pyrrole nitrogens is 1. The first kappa shape index (κ1) is 16.4. The van der Waals surface area contributed by atoms with Gasteiger partial charge in [-0.2, -0.15) is 0 Å². The second-order valence-electron chi connectivity index (χ2n) is 6.02. The minimum atomic E-state index is 0.225. The summed E-state index contributed by atoms with van der Waals surface area (Å²) in [6, 6.07) is 14.3. The molecule has 126 valence electrons. The molecule has 1 atom stereocenters. The van der Waals surface area contributed by atoms with Crippen molar-refractivity contribution in [1.29, 1.82) is 0 Å². The van der Waals surface area contributed by atoms with E-state index >= 15 is 0 Å². The molecule has 1 aromatic heterocycles. The van der Waals surface area contributed by atoms with Crippen molar-refractivity contribution in [2.45, 2.75) is 19.3 Å². The van der Waals surface area contributed by atoms with E-state index < -0.39 is 0 Å². The molecule has 0 aliphatic carbocycles. The Balaban J connectivity index is 1.99. The van der Waals surface area contributed by atoms with Crippen LogP contribution in [-0.4, -0.2) is 25.7 Å². The third kappa shape index (κ3) is 2.97. The van der Waals surface area contributed by atoms with Gasteiger partial charge in [0, 0.05) is 28.6 Å². The third-order valence-corrected chi connectivity index (χ3v) is 4.60. The van der Waals surface area contributed by atoms with Gasteiger partial charge in [0.1, 0.15) is 11.5 Å². The minimum absolute atomic E-state index is 0.225. The number of aromatic amines is 1. The molecule has 0 spiro atoms. The molecule has 0 aliphatic heterocycles. The van der Waals surface area contributed by atoms with E-state index in [1.54, 1.807) is 14.2 Å². The smallest absolute Gasteiger partial charge is 0.125 e. The summed E-state index contributed by atoms with van der Waals surface area (Å²) in [5.41, 5.74) is 10.9. The standard InChI is InChI=1S/C20H24N2O2/c1-13-20(17-6-4-5-7-18(17)22-13)15(12-21)10-14-8-9-16(23-2)11-19(14)24-3/h4-9,11,15,22H,10,12,21H2,1-3H3. The van der Waals surface area contributed by atoms with E-state index in [0.717, 1.165) is 29.0 Å². The van der Waals surface area contributed by atoms with Crippen molar-refractivity contribution in [2.24, 2.45) is 5.73 Å². The number of benzene rings is 2. The Morgan fingerprint density at radius 2 is 1.88 bits per heavy atom. The number of hydrogen-bond donors (Lipinski definition) is 2. The Kier molecular flexibility index (Phi) is 4.76. The number of para-hydroxylation sites is 1. The predicted octanol–water partition coefficient (Wildman–Crippen LogP) is 3.78. The topological polar surface area (TPSA) is 60.3 Å². The molecule has 0 fully saturated rings. The molecule has 0 bridgehead atoms. The zero-order valence-electron chi connectivity index (χ0n) is 14.4. The highest BCUT2D eigenvalue weighted by atomic mass is 16.5. The van der Waals surface area contributed by atoms with Gasteiger partial charge in [-0.15, -0.1) is 0 Å². The molecule has 1 unspecified atom stereocenters. The molecule has 2 aromatic carbocycles. The van der Waals surface area contributed by atoms with Crippen LogP contribution in [0.1, 0.15) is 22.7 Å². The van der Waals surface area contributed by atoms with Gasteiger partial charge in [0.15, 0.2) is 0 Å². The van der Waals surface area contributed by atoms with Crippen molar-refractivity contribution < 1.29 is 9.47 Å². The fraction of sp³-hybridized carbons (Fsp3) is 0.300. The maximum Gasteiger partial charge on any atom is 0.125 e. The lowest BCUT2D eigenvalue weighted by Crippen LogP contribution is -2.16. The summed E-state index contributed by atoms with van der Waals surface area (Å²) in [4.78, 5) is 3.47. The van der Waals surface area contributed by atoms with Crippen molar-refractivity contribution in [1.82, 2.24) is 4.98 Å². The monoisotopic (exact) mass is 324 g/mol. The molecule has 3 N–H and O–H groups in total. The van der Waals surface area contributed by atoms with Gasteiger partial charge in [-0.05, 0) is 43.1 Å². The molecular formula is C20H24N2O2. The lowest BCUT2D eigenvalue weighted by molar-refractivity contribution is 0.390. The number of aryl methyl sites for hydroxylation is 1. The van der Waals surface area contributed by atoms with Crippen LogP contribution in [0.4, 0.5) is 0 Å². The van der Waals surface area contributed by atoms with E-state index in [1.807, 2.05) is 18.2 Å². The van der Waals surface area contributed by atoms with Gasteiger partial charge in [0.05, 0.1) is 14.2 Å². The van der Waals surface area contributed by atoms with E-state index in [-0.39, 0.29) is 5.92 Å². The summed E-state index contributed by atoms with van der Waals surface area (Å²) in [7, 11) is 3.35. The van der Waals surface area contributed by atoms with Crippen LogP contribution in [0.5, 0.6) is 11.5 Å². The molecular weight excluding hydrogens is 300 g/mol. The second-order valence-corrected chi connectivity index (χ2v) is 6.02. The van der Waals surface area contributed by atoms with E-state index in [1.165, 1.54) is 16.6 Å². The summed E-state index contributed by atoms with van der Waals surface area (Å²) in [6.45, 7) is 2.70. The fourth-order valence-electron chi connectivity index (χ4n) is 3.41. The van der Waals surface area contributed by atoms with E-state index in [0.29, 0.717) is 6.54 Å². The van der Waals surface area contributed by atoms with Crippen molar-refractivity contribution in [3.63, 3.8) is 0 Å². The number of hydrogen-bond acceptors (Lipinski definition) is 3. The Morgan fingerprint density at radius 3 is 2.58 bits per heavy atom. The molecule has 0 saturated carbocycles. The van der Waals surface area contributed by atoms with Crippen molar-refractivity contribution in [2.75, 3.05) is 20.8 Å². The van der Waals surface area contributed by atoms with Crippen molar-refractivity contribution >= 4 is 10.9 Å². The Morgan fingerprint density at radius 1 is 1.08 bits per heavy atom. The Hall–Kier alpha value is -2.46. The highest BCUT2D eigenvalue weighted by molar-refractivity contribution is 5.85. The van der Waals surface area contributed by atoms with Crippen LogP contribution < -0.4 is 15.2 Å². The molecule has 4 heteroatoms. The predicted molar refractivity (Wildman–Crippen MR) is 98.1 cm³/mol. The number of aromatic nitrogens is 1. The maximum atomic E-state index is 6.14. The van der Waals surface area contributed by atoms with Crippen LogP contribution in [0.2, 0.25) is 0 Å². The van der Waals surface area contributed by atoms with Crippen LogP contribution in [-0.2, 0) is 6.42 Å². The molecule has 0 aliphatic rings. The van der Waals surface area contributed by atoms with Crippen LogP contribution >= 0.6 is 0 Å². The SMILES string of the molecule is COc1ccc(CC(CN)c2c(C)[nH]c3ccccc23)c(OC)c1. The van der Waals surface area contributed by atoms with Gasteiger partial charge in [-0.25, -0.2) is 0 Å².